The third kappa shape index (κ3) is 6.19. The average molecular weight is 358 g/mol. The lowest BCUT2D eigenvalue weighted by Gasteiger charge is -2.36. The quantitative estimate of drug-likeness (QED) is 0.779. The molecule has 2 atom stereocenters. The summed E-state index contributed by atoms with van der Waals surface area (Å²) in [6.45, 7) is 13.9. The Morgan fingerprint density at radius 3 is 2.12 bits per heavy atom. The predicted octanol–water partition coefficient (Wildman–Crippen LogP) is 2.45. The van der Waals surface area contributed by atoms with E-state index in [4.69, 9.17) is 14.2 Å². The summed E-state index contributed by atoms with van der Waals surface area (Å²) in [5, 5.41) is 2.49. The second-order valence-corrected chi connectivity index (χ2v) is 8.48. The first-order valence-corrected chi connectivity index (χ1v) is 8.27. The van der Waals surface area contributed by atoms with Gasteiger partial charge in [-0.2, -0.15) is 0 Å². The first-order chi connectivity index (χ1) is 11.2. The lowest BCUT2D eigenvalue weighted by atomic mass is 10.1. The Morgan fingerprint density at radius 1 is 1.16 bits per heavy atom. The normalized spacial score (nSPS) is 21.4. The van der Waals surface area contributed by atoms with Crippen molar-refractivity contribution in [3.05, 3.63) is 0 Å². The van der Waals surface area contributed by atoms with Crippen molar-refractivity contribution in [1.29, 1.82) is 0 Å². The average Bonchev–Trinajstić information content (AvgIpc) is 2.67. The van der Waals surface area contributed by atoms with Crippen LogP contribution in [0.5, 0.6) is 0 Å². The maximum absolute atomic E-state index is 12.6. The second-order valence-electron chi connectivity index (χ2n) is 8.48. The molecule has 1 aliphatic heterocycles. The number of hydrogen-bond acceptors (Lipinski definition) is 6. The van der Waals surface area contributed by atoms with Gasteiger partial charge < -0.3 is 24.3 Å². The van der Waals surface area contributed by atoms with Crippen molar-refractivity contribution in [2.24, 2.45) is 0 Å². The van der Waals surface area contributed by atoms with Crippen LogP contribution in [0.4, 0.5) is 9.59 Å². The van der Waals surface area contributed by atoms with E-state index in [-0.39, 0.29) is 6.61 Å². The number of ether oxygens (including phenoxy) is 3. The lowest BCUT2D eigenvalue weighted by molar-refractivity contribution is -0.111. The van der Waals surface area contributed by atoms with Crippen LogP contribution in [-0.4, -0.2) is 59.0 Å². The monoisotopic (exact) mass is 358 g/mol. The number of alkyl carbamates (subject to hydrolysis) is 1. The number of nitrogens with one attached hydrogen (secondary N) is 1. The van der Waals surface area contributed by atoms with E-state index in [1.165, 1.54) is 4.90 Å². The van der Waals surface area contributed by atoms with Crippen molar-refractivity contribution >= 4 is 18.5 Å². The van der Waals surface area contributed by atoms with E-state index in [2.05, 4.69) is 5.32 Å². The third-order valence-electron chi connectivity index (χ3n) is 3.35. The van der Waals surface area contributed by atoms with E-state index < -0.39 is 41.2 Å². The molecule has 1 saturated heterocycles. The van der Waals surface area contributed by atoms with Gasteiger partial charge in [-0.25, -0.2) is 9.59 Å². The minimum absolute atomic E-state index is 0.0887. The van der Waals surface area contributed by atoms with Gasteiger partial charge >= 0.3 is 12.2 Å². The predicted molar refractivity (Wildman–Crippen MR) is 91.1 cm³/mol. The summed E-state index contributed by atoms with van der Waals surface area (Å²) in [6.07, 6.45) is -0.784. The molecular weight excluding hydrogens is 328 g/mol. The van der Waals surface area contributed by atoms with Crippen molar-refractivity contribution in [3.8, 4) is 0 Å². The fourth-order valence-corrected chi connectivity index (χ4v) is 2.43. The van der Waals surface area contributed by atoms with Crippen molar-refractivity contribution < 1.29 is 28.6 Å². The largest absolute Gasteiger partial charge is 0.444 e. The van der Waals surface area contributed by atoms with Gasteiger partial charge in [-0.1, -0.05) is 0 Å². The molecule has 0 aliphatic carbocycles. The lowest BCUT2D eigenvalue weighted by Crippen LogP contribution is -2.58. The molecule has 0 saturated carbocycles. The molecule has 8 nitrogen and oxygen atoms in total. The number of nitrogens with zero attached hydrogens (tertiary/aromatic N) is 1. The molecule has 1 fully saturated rings. The van der Waals surface area contributed by atoms with E-state index in [9.17, 15) is 14.4 Å². The Labute approximate surface area is 149 Å². The Kier molecular flexibility index (Phi) is 6.10. The van der Waals surface area contributed by atoms with E-state index in [1.54, 1.807) is 55.4 Å². The van der Waals surface area contributed by atoms with Gasteiger partial charge in [-0.05, 0) is 55.4 Å². The van der Waals surface area contributed by atoms with Crippen molar-refractivity contribution in [2.75, 3.05) is 6.61 Å². The van der Waals surface area contributed by atoms with Gasteiger partial charge in [-0.15, -0.1) is 0 Å². The number of hydrogen-bond donors (Lipinski definition) is 1. The molecule has 1 rings (SSSR count). The molecule has 0 bridgehead atoms. The molecule has 0 spiro atoms. The van der Waals surface area contributed by atoms with Gasteiger partial charge in [0, 0.05) is 0 Å². The van der Waals surface area contributed by atoms with Gasteiger partial charge in [0.15, 0.2) is 0 Å². The molecule has 0 unspecified atom stereocenters. The van der Waals surface area contributed by atoms with E-state index in [1.807, 2.05) is 0 Å². The summed E-state index contributed by atoms with van der Waals surface area (Å²) in [5.41, 5.74) is -2.37. The topological polar surface area (TPSA) is 94.2 Å². The summed E-state index contributed by atoms with van der Waals surface area (Å²) in [4.78, 5) is 37.5. The number of aldehydes is 1. The summed E-state index contributed by atoms with van der Waals surface area (Å²) in [6, 6.07) is -1.68. The summed E-state index contributed by atoms with van der Waals surface area (Å²) >= 11 is 0. The van der Waals surface area contributed by atoms with E-state index >= 15 is 0 Å². The van der Waals surface area contributed by atoms with Gasteiger partial charge in [0.2, 0.25) is 0 Å². The highest BCUT2D eigenvalue weighted by molar-refractivity contribution is 5.76. The van der Waals surface area contributed by atoms with Crippen LogP contribution < -0.4 is 5.32 Å². The fraction of sp³-hybridized carbons (Fsp3) is 0.824. The minimum Gasteiger partial charge on any atom is -0.444 e. The van der Waals surface area contributed by atoms with Crippen LogP contribution in [0.1, 0.15) is 55.4 Å². The standard InChI is InChI=1S/C17H30N2O6/c1-15(2,3)24-13(21)18-11(9-20)12-10-23-17(7,8)19(12)14(22)25-16(4,5)6/h9,11-12H,10H2,1-8H3,(H,18,21)/t11-,12-/m0/s1. The van der Waals surface area contributed by atoms with Crippen molar-refractivity contribution in [2.45, 2.75) is 84.4 Å². The molecule has 2 amide bonds. The van der Waals surface area contributed by atoms with Crippen LogP contribution in [0.2, 0.25) is 0 Å². The smallest absolute Gasteiger partial charge is 0.412 e. The molecule has 1 heterocycles. The number of rotatable bonds is 3. The number of carbonyl (C=O) groups excluding carboxylic acids is 3. The van der Waals surface area contributed by atoms with Crippen LogP contribution in [0.15, 0.2) is 0 Å². The number of carbonyl (C=O) groups is 3. The fourth-order valence-electron chi connectivity index (χ4n) is 2.43. The van der Waals surface area contributed by atoms with Gasteiger partial charge in [0.05, 0.1) is 12.6 Å². The molecule has 0 radical (unpaired) electrons. The van der Waals surface area contributed by atoms with Gasteiger partial charge in [0.1, 0.15) is 29.3 Å². The maximum atomic E-state index is 12.6. The number of amides is 2. The Hall–Kier alpha value is -1.83. The molecule has 0 aromatic rings. The van der Waals surface area contributed by atoms with Crippen LogP contribution >= 0.6 is 0 Å². The molecular formula is C17H30N2O6. The minimum atomic E-state index is -0.982. The highest BCUT2D eigenvalue weighted by Gasteiger charge is 2.49. The zero-order chi connectivity index (χ0) is 19.6. The first kappa shape index (κ1) is 21.2. The van der Waals surface area contributed by atoms with Crippen LogP contribution in [0.3, 0.4) is 0 Å². The molecule has 1 aliphatic rings. The zero-order valence-electron chi connectivity index (χ0n) is 16.3. The van der Waals surface area contributed by atoms with Crippen LogP contribution in [0, 0.1) is 0 Å². The Bertz CT molecular complexity index is 518. The van der Waals surface area contributed by atoms with Gasteiger partial charge in [-0.3, -0.25) is 4.90 Å². The van der Waals surface area contributed by atoms with Crippen LogP contribution in [-0.2, 0) is 19.0 Å². The Morgan fingerprint density at radius 2 is 1.68 bits per heavy atom. The molecule has 0 aromatic heterocycles. The zero-order valence-corrected chi connectivity index (χ0v) is 16.3. The Balaban J connectivity index is 2.96. The van der Waals surface area contributed by atoms with Gasteiger partial charge in [0.25, 0.3) is 0 Å². The first-order valence-electron chi connectivity index (χ1n) is 8.27. The van der Waals surface area contributed by atoms with E-state index in [0.717, 1.165) is 0 Å². The highest BCUT2D eigenvalue weighted by Crippen LogP contribution is 2.30. The highest BCUT2D eigenvalue weighted by atomic mass is 16.6. The maximum Gasteiger partial charge on any atom is 0.412 e. The summed E-state index contributed by atoms with van der Waals surface area (Å²) in [7, 11) is 0. The molecule has 144 valence electrons. The second kappa shape index (κ2) is 7.19. The SMILES string of the molecule is CC(C)(C)OC(=O)N[C@@H](C=O)[C@@H]1COC(C)(C)N1C(=O)OC(C)(C)C. The van der Waals surface area contributed by atoms with E-state index in [0.29, 0.717) is 6.29 Å². The summed E-state index contributed by atoms with van der Waals surface area (Å²) < 4.78 is 16.2. The molecule has 25 heavy (non-hydrogen) atoms. The van der Waals surface area contributed by atoms with Crippen molar-refractivity contribution in [1.82, 2.24) is 10.2 Å². The van der Waals surface area contributed by atoms with Crippen molar-refractivity contribution in [3.63, 3.8) is 0 Å². The third-order valence-corrected chi connectivity index (χ3v) is 3.35. The van der Waals surface area contributed by atoms with Crippen LogP contribution in [0.25, 0.3) is 0 Å². The molecule has 0 aromatic carbocycles. The molecule has 1 N–H and O–H groups in total. The summed E-state index contributed by atoms with van der Waals surface area (Å²) in [5.74, 6) is 0. The molecule has 8 heteroatoms.